The second-order valence-corrected chi connectivity index (χ2v) is 6.78. The Balaban J connectivity index is 1.49. The van der Waals surface area contributed by atoms with Gasteiger partial charge in [0.15, 0.2) is 0 Å². The Kier molecular flexibility index (Phi) is 5.49. The van der Waals surface area contributed by atoms with Crippen molar-refractivity contribution in [2.45, 2.75) is 6.42 Å². The molecule has 0 unspecified atom stereocenters. The highest BCUT2D eigenvalue weighted by atomic mass is 16.5. The zero-order valence-corrected chi connectivity index (χ0v) is 16.4. The highest BCUT2D eigenvalue weighted by Crippen LogP contribution is 2.26. The van der Waals surface area contributed by atoms with Gasteiger partial charge in [-0.25, -0.2) is 4.79 Å². The summed E-state index contributed by atoms with van der Waals surface area (Å²) in [6.45, 7) is 0.656. The summed E-state index contributed by atoms with van der Waals surface area (Å²) < 4.78 is 10.2. The van der Waals surface area contributed by atoms with E-state index in [1.165, 1.54) is 7.11 Å². The van der Waals surface area contributed by atoms with E-state index in [1.807, 2.05) is 42.5 Å². The number of amides is 1. The van der Waals surface area contributed by atoms with E-state index in [9.17, 15) is 9.59 Å². The van der Waals surface area contributed by atoms with Crippen molar-refractivity contribution >= 4 is 17.6 Å². The molecule has 1 aliphatic rings. The van der Waals surface area contributed by atoms with Crippen LogP contribution in [0, 0.1) is 11.8 Å². The number of esters is 1. The van der Waals surface area contributed by atoms with Gasteiger partial charge in [-0.05, 0) is 60.2 Å². The van der Waals surface area contributed by atoms with Gasteiger partial charge in [0.1, 0.15) is 5.75 Å². The van der Waals surface area contributed by atoms with Gasteiger partial charge in [-0.3, -0.25) is 4.79 Å². The van der Waals surface area contributed by atoms with Gasteiger partial charge in [-0.2, -0.15) is 0 Å². The first-order valence-corrected chi connectivity index (χ1v) is 9.50. The molecule has 0 spiro atoms. The number of carbonyl (C=O) groups is 2. The summed E-state index contributed by atoms with van der Waals surface area (Å²) in [5.74, 6) is 6.36. The number of carbonyl (C=O) groups excluding carboxylic acids is 2. The molecule has 0 fully saturated rings. The molecule has 148 valence electrons. The second-order valence-electron chi connectivity index (χ2n) is 6.78. The SMILES string of the molecule is COC(=O)c1cccc(C#Cc2cccc(NC(=O)c3ccc4c(c3)CCO4)c2)c1. The third kappa shape index (κ3) is 4.34. The molecule has 3 aromatic rings. The van der Waals surface area contributed by atoms with Gasteiger partial charge < -0.3 is 14.8 Å². The Labute approximate surface area is 174 Å². The fourth-order valence-electron chi connectivity index (χ4n) is 3.19. The number of benzene rings is 3. The molecule has 30 heavy (non-hydrogen) atoms. The van der Waals surface area contributed by atoms with Gasteiger partial charge in [-0.15, -0.1) is 0 Å². The lowest BCUT2D eigenvalue weighted by atomic mass is 10.1. The molecule has 1 N–H and O–H groups in total. The number of nitrogens with one attached hydrogen (secondary N) is 1. The standard InChI is InChI=1S/C25H19NO4/c1-29-25(28)21-6-2-4-17(14-21)8-9-18-5-3-7-22(15-18)26-24(27)20-10-11-23-19(16-20)12-13-30-23/h2-7,10-11,14-16H,12-13H2,1H3,(H,26,27). The maximum Gasteiger partial charge on any atom is 0.337 e. The average Bonchev–Trinajstić information content (AvgIpc) is 3.25. The quantitative estimate of drug-likeness (QED) is 0.535. The molecule has 0 aliphatic carbocycles. The molecular formula is C25H19NO4. The van der Waals surface area contributed by atoms with Crippen LogP contribution in [0.5, 0.6) is 5.75 Å². The lowest BCUT2D eigenvalue weighted by molar-refractivity contribution is 0.0600. The van der Waals surface area contributed by atoms with Crippen LogP contribution in [-0.4, -0.2) is 25.6 Å². The molecule has 0 radical (unpaired) electrons. The van der Waals surface area contributed by atoms with Crippen molar-refractivity contribution < 1.29 is 19.1 Å². The lowest BCUT2D eigenvalue weighted by Crippen LogP contribution is -2.12. The van der Waals surface area contributed by atoms with Crippen molar-refractivity contribution in [3.63, 3.8) is 0 Å². The van der Waals surface area contributed by atoms with Crippen molar-refractivity contribution in [2.75, 3.05) is 19.0 Å². The van der Waals surface area contributed by atoms with Gasteiger partial charge in [-0.1, -0.05) is 24.0 Å². The number of ether oxygens (including phenoxy) is 2. The normalized spacial score (nSPS) is 11.5. The summed E-state index contributed by atoms with van der Waals surface area (Å²) in [4.78, 5) is 24.3. The zero-order valence-electron chi connectivity index (χ0n) is 16.4. The molecule has 5 nitrogen and oxygen atoms in total. The van der Waals surface area contributed by atoms with E-state index in [0.29, 0.717) is 29.0 Å². The van der Waals surface area contributed by atoms with E-state index in [2.05, 4.69) is 17.2 Å². The maximum atomic E-state index is 12.6. The van der Waals surface area contributed by atoms with Crippen molar-refractivity contribution in [3.05, 3.63) is 94.5 Å². The Hall–Kier alpha value is -4.04. The zero-order chi connectivity index (χ0) is 20.9. The summed E-state index contributed by atoms with van der Waals surface area (Å²) in [5, 5.41) is 2.91. The van der Waals surface area contributed by atoms with Gasteiger partial charge >= 0.3 is 5.97 Å². The van der Waals surface area contributed by atoms with Crippen molar-refractivity contribution in [2.24, 2.45) is 0 Å². The number of hydrogen-bond donors (Lipinski definition) is 1. The van der Waals surface area contributed by atoms with Gasteiger partial charge in [0, 0.05) is 28.8 Å². The Morgan fingerprint density at radius 2 is 1.70 bits per heavy atom. The van der Waals surface area contributed by atoms with Crippen LogP contribution >= 0.6 is 0 Å². The predicted molar refractivity (Wildman–Crippen MR) is 114 cm³/mol. The number of rotatable bonds is 3. The molecule has 0 atom stereocenters. The van der Waals surface area contributed by atoms with Crippen molar-refractivity contribution in [1.29, 1.82) is 0 Å². The Morgan fingerprint density at radius 1 is 0.933 bits per heavy atom. The molecule has 5 heteroatoms. The highest BCUT2D eigenvalue weighted by Gasteiger charge is 2.15. The van der Waals surface area contributed by atoms with Crippen LogP contribution in [-0.2, 0) is 11.2 Å². The minimum Gasteiger partial charge on any atom is -0.493 e. The summed E-state index contributed by atoms with van der Waals surface area (Å²) >= 11 is 0. The van der Waals surface area contributed by atoms with E-state index < -0.39 is 5.97 Å². The summed E-state index contributed by atoms with van der Waals surface area (Å²) in [6.07, 6.45) is 0.818. The van der Waals surface area contributed by atoms with Gasteiger partial charge in [0.25, 0.3) is 5.91 Å². The van der Waals surface area contributed by atoms with Crippen LogP contribution in [0.15, 0.2) is 66.7 Å². The molecule has 0 bridgehead atoms. The summed E-state index contributed by atoms with van der Waals surface area (Å²) in [5.41, 5.74) is 4.20. The fourth-order valence-corrected chi connectivity index (χ4v) is 3.19. The molecule has 4 rings (SSSR count). The number of fused-ring (bicyclic) bond motifs is 1. The molecule has 1 amide bonds. The third-order valence-corrected chi connectivity index (χ3v) is 4.71. The Morgan fingerprint density at radius 3 is 2.50 bits per heavy atom. The topological polar surface area (TPSA) is 64.6 Å². The van der Waals surface area contributed by atoms with Crippen molar-refractivity contribution in [1.82, 2.24) is 0 Å². The van der Waals surface area contributed by atoms with Crippen LogP contribution in [0.1, 0.15) is 37.4 Å². The minimum atomic E-state index is -0.401. The number of hydrogen-bond acceptors (Lipinski definition) is 4. The first-order chi connectivity index (χ1) is 14.6. The average molecular weight is 397 g/mol. The second kappa shape index (κ2) is 8.54. The minimum absolute atomic E-state index is 0.180. The van der Waals surface area contributed by atoms with Crippen LogP contribution in [0.25, 0.3) is 0 Å². The monoisotopic (exact) mass is 397 g/mol. The van der Waals surface area contributed by atoms with Crippen LogP contribution < -0.4 is 10.1 Å². The van der Waals surface area contributed by atoms with E-state index in [0.717, 1.165) is 23.3 Å². The van der Waals surface area contributed by atoms with Crippen molar-refractivity contribution in [3.8, 4) is 17.6 Å². The first-order valence-electron chi connectivity index (χ1n) is 9.50. The van der Waals surface area contributed by atoms with Crippen LogP contribution in [0.4, 0.5) is 5.69 Å². The first kappa shape index (κ1) is 19.3. The van der Waals surface area contributed by atoms with E-state index in [4.69, 9.17) is 9.47 Å². The van der Waals surface area contributed by atoms with E-state index >= 15 is 0 Å². The molecular weight excluding hydrogens is 378 g/mol. The predicted octanol–water partition coefficient (Wildman–Crippen LogP) is 4.06. The molecule has 3 aromatic carbocycles. The van der Waals surface area contributed by atoms with Crippen LogP contribution in [0.3, 0.4) is 0 Å². The number of methoxy groups -OCH3 is 1. The Bertz CT molecular complexity index is 1190. The smallest absolute Gasteiger partial charge is 0.337 e. The summed E-state index contributed by atoms with van der Waals surface area (Å²) in [7, 11) is 1.34. The van der Waals surface area contributed by atoms with Crippen LogP contribution in [0.2, 0.25) is 0 Å². The molecule has 1 heterocycles. The molecule has 0 aromatic heterocycles. The molecule has 0 saturated carbocycles. The number of anilines is 1. The summed E-state index contributed by atoms with van der Waals surface area (Å²) in [6, 6.07) is 19.7. The van der Waals surface area contributed by atoms with Gasteiger partial charge in [0.05, 0.1) is 19.3 Å². The van der Waals surface area contributed by atoms with E-state index in [-0.39, 0.29) is 5.91 Å². The fraction of sp³-hybridized carbons (Fsp3) is 0.120. The lowest BCUT2D eigenvalue weighted by Gasteiger charge is -2.07. The molecule has 1 aliphatic heterocycles. The highest BCUT2D eigenvalue weighted by molar-refractivity contribution is 6.04. The van der Waals surface area contributed by atoms with E-state index in [1.54, 1.807) is 24.3 Å². The van der Waals surface area contributed by atoms with Gasteiger partial charge in [0.2, 0.25) is 0 Å². The third-order valence-electron chi connectivity index (χ3n) is 4.71. The molecule has 0 saturated heterocycles. The largest absolute Gasteiger partial charge is 0.493 e. The maximum absolute atomic E-state index is 12.6.